The van der Waals surface area contributed by atoms with E-state index in [-0.39, 0.29) is 34.7 Å². The number of carbonyl (C=O) groups excluding carboxylic acids is 2. The van der Waals surface area contributed by atoms with Crippen molar-refractivity contribution in [2.45, 2.75) is 0 Å². The molecule has 0 radical (unpaired) electrons. The van der Waals surface area contributed by atoms with Crippen molar-refractivity contribution in [3.8, 4) is 22.8 Å². The molecule has 0 saturated carbocycles. The van der Waals surface area contributed by atoms with Crippen LogP contribution in [0.2, 0.25) is 0 Å². The molecule has 0 unspecified atom stereocenters. The Morgan fingerprint density at radius 1 is 1.12 bits per heavy atom. The predicted molar refractivity (Wildman–Crippen MR) is 122 cm³/mol. The maximum atomic E-state index is 12.7. The van der Waals surface area contributed by atoms with Gasteiger partial charge in [0.25, 0.3) is 16.8 Å². The molecule has 4 rings (SSSR count). The Morgan fingerprint density at radius 2 is 1.91 bits per heavy atom. The van der Waals surface area contributed by atoms with Crippen molar-refractivity contribution in [2.75, 3.05) is 20.3 Å². The van der Waals surface area contributed by atoms with Crippen LogP contribution in [0, 0.1) is 10.1 Å². The number of ether oxygens (including phenoxy) is 2. The van der Waals surface area contributed by atoms with E-state index in [4.69, 9.17) is 13.9 Å². The van der Waals surface area contributed by atoms with Crippen molar-refractivity contribution in [1.29, 1.82) is 0 Å². The number of hydrogen-bond acceptors (Lipinski definition) is 8. The van der Waals surface area contributed by atoms with Crippen LogP contribution < -0.4 is 9.47 Å². The molecule has 0 bridgehead atoms. The minimum Gasteiger partial charge on any atom is -0.496 e. The molecule has 2 aromatic carbocycles. The van der Waals surface area contributed by atoms with E-state index in [1.807, 2.05) is 18.2 Å². The summed E-state index contributed by atoms with van der Waals surface area (Å²) in [6.07, 6.45) is 1.49. The van der Waals surface area contributed by atoms with E-state index < -0.39 is 10.8 Å². The summed E-state index contributed by atoms with van der Waals surface area (Å²) in [5, 5.41) is 10.6. The number of imide groups is 1. The SMILES string of the molecule is COc1cc([N+](=O)[O-])ccc1-c1ccc(/C=C2\SC(=O)N(CCOc3ccccc3)C2=O)o1. The smallest absolute Gasteiger partial charge is 0.293 e. The fraction of sp³-hybridized carbons (Fsp3) is 0.130. The molecule has 1 aliphatic rings. The second-order valence-corrected chi connectivity index (χ2v) is 7.83. The number of nitro benzene ring substituents is 1. The van der Waals surface area contributed by atoms with E-state index in [1.54, 1.807) is 24.3 Å². The fourth-order valence-corrected chi connectivity index (χ4v) is 4.01. The van der Waals surface area contributed by atoms with Crippen molar-refractivity contribution >= 4 is 34.7 Å². The third kappa shape index (κ3) is 4.90. The van der Waals surface area contributed by atoms with Crippen LogP contribution in [0.5, 0.6) is 11.5 Å². The number of para-hydroxylation sites is 1. The van der Waals surface area contributed by atoms with Gasteiger partial charge in [-0.1, -0.05) is 18.2 Å². The molecule has 2 heterocycles. The quantitative estimate of drug-likeness (QED) is 0.260. The lowest BCUT2D eigenvalue weighted by Crippen LogP contribution is -2.32. The lowest BCUT2D eigenvalue weighted by molar-refractivity contribution is -0.384. The minimum absolute atomic E-state index is 0.104. The van der Waals surface area contributed by atoms with Gasteiger partial charge in [-0.05, 0) is 42.1 Å². The second kappa shape index (κ2) is 9.61. The molecule has 0 aliphatic carbocycles. The largest absolute Gasteiger partial charge is 0.496 e. The molecule has 0 spiro atoms. The van der Waals surface area contributed by atoms with Crippen molar-refractivity contribution in [2.24, 2.45) is 0 Å². The normalized spacial score (nSPS) is 14.7. The van der Waals surface area contributed by atoms with Gasteiger partial charge in [0.2, 0.25) is 0 Å². The maximum absolute atomic E-state index is 12.7. The van der Waals surface area contributed by atoms with Gasteiger partial charge in [0, 0.05) is 12.1 Å². The third-order valence-corrected chi connectivity index (χ3v) is 5.67. The Balaban J connectivity index is 1.46. The van der Waals surface area contributed by atoms with Crippen LogP contribution in [-0.4, -0.2) is 41.2 Å². The predicted octanol–water partition coefficient (Wildman–Crippen LogP) is 4.98. The van der Waals surface area contributed by atoms with Gasteiger partial charge in [-0.25, -0.2) is 0 Å². The molecule has 1 saturated heterocycles. The fourth-order valence-electron chi connectivity index (χ4n) is 3.17. The van der Waals surface area contributed by atoms with E-state index in [2.05, 4.69) is 0 Å². The number of amides is 2. The maximum Gasteiger partial charge on any atom is 0.293 e. The van der Waals surface area contributed by atoms with Crippen LogP contribution in [0.1, 0.15) is 5.76 Å². The molecule has 9 nitrogen and oxygen atoms in total. The zero-order valence-electron chi connectivity index (χ0n) is 17.4. The standard InChI is InChI=1S/C23H18N2O7S/c1-30-20-13-15(25(28)29)7-9-18(20)19-10-8-17(32-19)14-21-22(26)24(23(27)33-21)11-12-31-16-5-3-2-4-6-16/h2-10,13-14H,11-12H2,1H3/b21-14-. The Bertz CT molecular complexity index is 1240. The molecule has 0 atom stereocenters. The number of nitrogens with zero attached hydrogens (tertiary/aromatic N) is 2. The van der Waals surface area contributed by atoms with Crippen molar-refractivity contribution < 1.29 is 28.4 Å². The lowest BCUT2D eigenvalue weighted by atomic mass is 10.1. The van der Waals surface area contributed by atoms with Crippen LogP contribution in [-0.2, 0) is 4.79 Å². The van der Waals surface area contributed by atoms with Gasteiger partial charge >= 0.3 is 0 Å². The lowest BCUT2D eigenvalue weighted by Gasteiger charge is -2.13. The monoisotopic (exact) mass is 466 g/mol. The first kappa shape index (κ1) is 22.2. The highest BCUT2D eigenvalue weighted by Crippen LogP contribution is 2.36. The summed E-state index contributed by atoms with van der Waals surface area (Å²) >= 11 is 0.824. The Kier molecular flexibility index (Phi) is 6.45. The number of thioether (sulfide) groups is 1. The summed E-state index contributed by atoms with van der Waals surface area (Å²) in [4.78, 5) is 36.8. The highest BCUT2D eigenvalue weighted by molar-refractivity contribution is 8.18. The van der Waals surface area contributed by atoms with Crippen LogP contribution in [0.4, 0.5) is 10.5 Å². The molecular weight excluding hydrogens is 448 g/mol. The molecule has 1 aromatic heterocycles. The Labute approximate surface area is 192 Å². The van der Waals surface area contributed by atoms with Crippen molar-refractivity contribution in [1.82, 2.24) is 4.90 Å². The minimum atomic E-state index is -0.513. The highest BCUT2D eigenvalue weighted by Gasteiger charge is 2.35. The van der Waals surface area contributed by atoms with Gasteiger partial charge in [-0.15, -0.1) is 0 Å². The van der Waals surface area contributed by atoms with Gasteiger partial charge in [-0.3, -0.25) is 24.6 Å². The number of furan rings is 1. The van der Waals surface area contributed by atoms with Gasteiger partial charge in [0.15, 0.2) is 0 Å². The van der Waals surface area contributed by atoms with E-state index in [1.165, 1.54) is 31.4 Å². The van der Waals surface area contributed by atoms with Crippen molar-refractivity contribution in [3.63, 3.8) is 0 Å². The molecule has 1 aliphatic heterocycles. The van der Waals surface area contributed by atoms with E-state index >= 15 is 0 Å². The topological polar surface area (TPSA) is 112 Å². The molecule has 33 heavy (non-hydrogen) atoms. The second-order valence-electron chi connectivity index (χ2n) is 6.84. The zero-order valence-corrected chi connectivity index (χ0v) is 18.2. The first-order valence-corrected chi connectivity index (χ1v) is 10.6. The van der Waals surface area contributed by atoms with Crippen molar-refractivity contribution in [3.05, 3.63) is 81.4 Å². The van der Waals surface area contributed by atoms with Crippen LogP contribution in [0.25, 0.3) is 17.4 Å². The first-order valence-electron chi connectivity index (χ1n) is 9.82. The van der Waals surface area contributed by atoms with Gasteiger partial charge in [-0.2, -0.15) is 0 Å². The van der Waals surface area contributed by atoms with E-state index in [9.17, 15) is 19.7 Å². The summed E-state index contributed by atoms with van der Waals surface area (Å²) < 4.78 is 16.6. The van der Waals surface area contributed by atoms with Crippen LogP contribution in [0.3, 0.4) is 0 Å². The summed E-state index contributed by atoms with van der Waals surface area (Å²) in [6, 6.07) is 16.6. The average molecular weight is 466 g/mol. The number of non-ortho nitro benzene ring substituents is 1. The summed E-state index contributed by atoms with van der Waals surface area (Å²) in [5.41, 5.74) is 0.418. The number of methoxy groups -OCH3 is 1. The van der Waals surface area contributed by atoms with Gasteiger partial charge in [0.1, 0.15) is 29.6 Å². The average Bonchev–Trinajstić information content (AvgIpc) is 3.39. The molecular formula is C23H18N2O7S. The molecule has 3 aromatic rings. The number of hydrogen-bond donors (Lipinski definition) is 0. The number of carbonyl (C=O) groups is 2. The molecule has 1 fully saturated rings. The summed E-state index contributed by atoms with van der Waals surface area (Å²) in [7, 11) is 1.41. The third-order valence-electron chi connectivity index (χ3n) is 4.76. The molecule has 10 heteroatoms. The molecule has 2 amide bonds. The Morgan fingerprint density at radius 3 is 2.64 bits per heavy atom. The number of benzene rings is 2. The van der Waals surface area contributed by atoms with Crippen LogP contribution in [0.15, 0.2) is 70.0 Å². The number of rotatable bonds is 8. The first-order chi connectivity index (χ1) is 16.0. The number of nitro groups is 1. The Hall–Kier alpha value is -4.05. The highest BCUT2D eigenvalue weighted by atomic mass is 32.2. The molecule has 168 valence electrons. The van der Waals surface area contributed by atoms with E-state index in [0.29, 0.717) is 22.8 Å². The van der Waals surface area contributed by atoms with E-state index in [0.717, 1.165) is 16.7 Å². The zero-order chi connectivity index (χ0) is 23.4. The van der Waals surface area contributed by atoms with Gasteiger partial charge < -0.3 is 13.9 Å². The molecule has 0 N–H and O–H groups in total. The van der Waals surface area contributed by atoms with Gasteiger partial charge in [0.05, 0.1) is 35.1 Å². The summed E-state index contributed by atoms with van der Waals surface area (Å²) in [5.74, 6) is 1.28. The summed E-state index contributed by atoms with van der Waals surface area (Å²) in [6.45, 7) is 0.306. The van der Waals surface area contributed by atoms with Crippen LogP contribution >= 0.6 is 11.8 Å².